The van der Waals surface area contributed by atoms with Crippen molar-refractivity contribution >= 4 is 11.6 Å². The first-order chi connectivity index (χ1) is 14.6. The van der Waals surface area contributed by atoms with Crippen LogP contribution < -0.4 is 20.3 Å². The molecule has 2 atom stereocenters. The van der Waals surface area contributed by atoms with Crippen LogP contribution in [0.1, 0.15) is 44.5 Å². The average molecular weight is 417 g/mol. The molecule has 1 aliphatic heterocycles. The van der Waals surface area contributed by atoms with E-state index in [-0.39, 0.29) is 12.1 Å². The van der Waals surface area contributed by atoms with Gasteiger partial charge in [-0.25, -0.2) is 0 Å². The molecule has 2 aromatic rings. The summed E-state index contributed by atoms with van der Waals surface area (Å²) in [5, 5.41) is 10.7. The molecule has 0 spiro atoms. The molecular weight excluding hydrogens is 384 g/mol. The molecule has 1 aromatic heterocycles. The molecule has 3 rings (SSSR count). The van der Waals surface area contributed by atoms with Gasteiger partial charge in [0.05, 0.1) is 19.3 Å². The Morgan fingerprint density at radius 1 is 1.40 bits per heavy atom. The van der Waals surface area contributed by atoms with Crippen LogP contribution in [0.2, 0.25) is 0 Å². The lowest BCUT2D eigenvalue weighted by Crippen LogP contribution is -2.51. The Hall–Kier alpha value is -2.81. The SMILES string of the molecule is CCOC(C)c1noc(CNC(=NC)NC2CCCN(c3ccccc3OC)C2)n1. The van der Waals surface area contributed by atoms with Gasteiger partial charge < -0.3 is 29.5 Å². The van der Waals surface area contributed by atoms with Gasteiger partial charge in [-0.2, -0.15) is 4.98 Å². The fraction of sp³-hybridized carbons (Fsp3) is 0.571. The fourth-order valence-corrected chi connectivity index (χ4v) is 3.58. The Morgan fingerprint density at radius 2 is 2.23 bits per heavy atom. The highest BCUT2D eigenvalue weighted by molar-refractivity contribution is 5.80. The highest BCUT2D eigenvalue weighted by Crippen LogP contribution is 2.29. The maximum absolute atomic E-state index is 5.53. The molecule has 9 heteroatoms. The number of hydrogen-bond donors (Lipinski definition) is 2. The quantitative estimate of drug-likeness (QED) is 0.500. The van der Waals surface area contributed by atoms with E-state index in [4.69, 9.17) is 14.0 Å². The molecule has 9 nitrogen and oxygen atoms in total. The summed E-state index contributed by atoms with van der Waals surface area (Å²) in [7, 11) is 3.47. The van der Waals surface area contributed by atoms with Gasteiger partial charge in [0.15, 0.2) is 11.8 Å². The summed E-state index contributed by atoms with van der Waals surface area (Å²) < 4.78 is 16.3. The molecule has 0 bridgehead atoms. The second-order valence-corrected chi connectivity index (χ2v) is 7.17. The van der Waals surface area contributed by atoms with Crippen molar-refractivity contribution in [1.29, 1.82) is 0 Å². The Kier molecular flexibility index (Phi) is 7.89. The van der Waals surface area contributed by atoms with Crippen molar-refractivity contribution in [2.45, 2.75) is 45.4 Å². The van der Waals surface area contributed by atoms with Gasteiger partial charge in [-0.1, -0.05) is 17.3 Å². The second-order valence-electron chi connectivity index (χ2n) is 7.17. The van der Waals surface area contributed by atoms with Gasteiger partial charge in [0.2, 0.25) is 5.89 Å². The van der Waals surface area contributed by atoms with Crippen LogP contribution in [0, 0.1) is 0 Å². The van der Waals surface area contributed by atoms with Crippen molar-refractivity contribution in [2.75, 3.05) is 38.8 Å². The van der Waals surface area contributed by atoms with Crippen LogP contribution in [-0.2, 0) is 11.3 Å². The van der Waals surface area contributed by atoms with Crippen LogP contribution in [0.15, 0.2) is 33.8 Å². The van der Waals surface area contributed by atoms with E-state index in [2.05, 4.69) is 36.7 Å². The van der Waals surface area contributed by atoms with Crippen molar-refractivity contribution in [3.63, 3.8) is 0 Å². The zero-order valence-electron chi connectivity index (χ0n) is 18.2. The number of piperidine rings is 1. The van der Waals surface area contributed by atoms with Crippen LogP contribution in [0.3, 0.4) is 0 Å². The first-order valence-corrected chi connectivity index (χ1v) is 10.4. The fourth-order valence-electron chi connectivity index (χ4n) is 3.58. The summed E-state index contributed by atoms with van der Waals surface area (Å²) in [6, 6.07) is 8.40. The number of benzene rings is 1. The number of anilines is 1. The Labute approximate surface area is 177 Å². The number of hydrogen-bond acceptors (Lipinski definition) is 7. The molecule has 1 fully saturated rings. The van der Waals surface area contributed by atoms with E-state index in [1.807, 2.05) is 32.0 Å². The molecule has 1 aliphatic rings. The summed E-state index contributed by atoms with van der Waals surface area (Å²) in [5.41, 5.74) is 1.12. The van der Waals surface area contributed by atoms with E-state index in [1.165, 1.54) is 0 Å². The number of rotatable bonds is 8. The van der Waals surface area contributed by atoms with Crippen LogP contribution in [-0.4, -0.2) is 56.0 Å². The van der Waals surface area contributed by atoms with E-state index in [0.29, 0.717) is 30.8 Å². The van der Waals surface area contributed by atoms with Crippen molar-refractivity contribution in [1.82, 2.24) is 20.8 Å². The minimum Gasteiger partial charge on any atom is -0.495 e. The zero-order valence-corrected chi connectivity index (χ0v) is 18.2. The number of methoxy groups -OCH3 is 1. The van der Waals surface area contributed by atoms with Gasteiger partial charge in [-0.15, -0.1) is 0 Å². The third-order valence-corrected chi connectivity index (χ3v) is 5.08. The van der Waals surface area contributed by atoms with Crippen LogP contribution in [0.25, 0.3) is 0 Å². The third-order valence-electron chi connectivity index (χ3n) is 5.08. The molecule has 0 amide bonds. The third kappa shape index (κ3) is 5.63. The van der Waals surface area contributed by atoms with E-state index in [9.17, 15) is 0 Å². The summed E-state index contributed by atoms with van der Waals surface area (Å²) >= 11 is 0. The maximum atomic E-state index is 5.53. The molecule has 30 heavy (non-hydrogen) atoms. The number of para-hydroxylation sites is 2. The van der Waals surface area contributed by atoms with Crippen LogP contribution in [0.4, 0.5) is 5.69 Å². The zero-order chi connectivity index (χ0) is 21.3. The average Bonchev–Trinajstić information content (AvgIpc) is 3.26. The molecule has 164 valence electrons. The summed E-state index contributed by atoms with van der Waals surface area (Å²) in [6.07, 6.45) is 1.98. The molecular formula is C21H32N6O3. The molecule has 2 heterocycles. The minimum atomic E-state index is -0.187. The number of aromatic nitrogens is 2. The second kappa shape index (κ2) is 10.8. The van der Waals surface area contributed by atoms with E-state index < -0.39 is 0 Å². The Morgan fingerprint density at radius 3 is 3.00 bits per heavy atom. The van der Waals surface area contributed by atoms with Gasteiger partial charge in [-0.05, 0) is 38.8 Å². The monoisotopic (exact) mass is 416 g/mol. The van der Waals surface area contributed by atoms with E-state index in [0.717, 1.165) is 37.4 Å². The lowest BCUT2D eigenvalue weighted by molar-refractivity contribution is 0.0683. The molecule has 1 saturated heterocycles. The maximum Gasteiger partial charge on any atom is 0.246 e. The minimum absolute atomic E-state index is 0.187. The predicted octanol–water partition coefficient (Wildman–Crippen LogP) is 2.51. The highest BCUT2D eigenvalue weighted by Gasteiger charge is 2.23. The van der Waals surface area contributed by atoms with Crippen molar-refractivity contribution < 1.29 is 14.0 Å². The molecule has 0 radical (unpaired) electrons. The highest BCUT2D eigenvalue weighted by atomic mass is 16.5. The first kappa shape index (κ1) is 21.9. The van der Waals surface area contributed by atoms with Crippen molar-refractivity contribution in [2.24, 2.45) is 4.99 Å². The summed E-state index contributed by atoms with van der Waals surface area (Å²) in [5.74, 6) is 2.66. The number of aliphatic imine (C=N–C) groups is 1. The van der Waals surface area contributed by atoms with Gasteiger partial charge in [-0.3, -0.25) is 4.99 Å². The molecule has 2 unspecified atom stereocenters. The number of guanidine groups is 1. The molecule has 0 saturated carbocycles. The number of nitrogens with zero attached hydrogens (tertiary/aromatic N) is 4. The smallest absolute Gasteiger partial charge is 0.246 e. The number of nitrogens with one attached hydrogen (secondary N) is 2. The van der Waals surface area contributed by atoms with Gasteiger partial charge in [0, 0.05) is 32.8 Å². The normalized spacial score (nSPS) is 18.2. The molecule has 1 aromatic carbocycles. The first-order valence-electron chi connectivity index (χ1n) is 10.4. The largest absolute Gasteiger partial charge is 0.495 e. The topological polar surface area (TPSA) is 97.0 Å². The predicted molar refractivity (Wildman–Crippen MR) is 116 cm³/mol. The van der Waals surface area contributed by atoms with Crippen LogP contribution in [0.5, 0.6) is 5.75 Å². The Balaban J connectivity index is 1.54. The lowest BCUT2D eigenvalue weighted by atomic mass is 10.0. The standard InChI is InChI=1S/C21H32N6O3/c1-5-29-15(2)20-25-19(30-26-20)13-23-21(22-3)24-16-9-8-12-27(14-16)17-10-6-7-11-18(17)28-4/h6-7,10-11,15-16H,5,8-9,12-14H2,1-4H3,(H2,22,23,24). The summed E-state index contributed by atoms with van der Waals surface area (Å²) in [4.78, 5) is 11.1. The van der Waals surface area contributed by atoms with Crippen LogP contribution >= 0.6 is 0 Å². The van der Waals surface area contributed by atoms with Crippen molar-refractivity contribution in [3.8, 4) is 5.75 Å². The van der Waals surface area contributed by atoms with Crippen molar-refractivity contribution in [3.05, 3.63) is 36.0 Å². The Bertz CT molecular complexity index is 825. The molecule has 0 aliphatic carbocycles. The molecule has 2 N–H and O–H groups in total. The van der Waals surface area contributed by atoms with E-state index in [1.54, 1.807) is 14.2 Å². The summed E-state index contributed by atoms with van der Waals surface area (Å²) in [6.45, 7) is 6.73. The number of ether oxygens (including phenoxy) is 2. The van der Waals surface area contributed by atoms with Gasteiger partial charge >= 0.3 is 0 Å². The lowest BCUT2D eigenvalue weighted by Gasteiger charge is -2.36. The van der Waals surface area contributed by atoms with Gasteiger partial charge in [0.25, 0.3) is 0 Å². The van der Waals surface area contributed by atoms with E-state index >= 15 is 0 Å². The van der Waals surface area contributed by atoms with Gasteiger partial charge in [0.1, 0.15) is 11.9 Å².